The molecule has 106 valence electrons. The van der Waals surface area contributed by atoms with Crippen molar-refractivity contribution in [2.24, 2.45) is 16.7 Å². The Balaban J connectivity index is 2.40. The summed E-state index contributed by atoms with van der Waals surface area (Å²) in [6.07, 6.45) is 0. The van der Waals surface area contributed by atoms with Crippen LogP contribution in [0.2, 0.25) is 0 Å². The van der Waals surface area contributed by atoms with E-state index in [4.69, 9.17) is 0 Å². The highest BCUT2D eigenvalue weighted by molar-refractivity contribution is 5.35. The third-order valence-corrected chi connectivity index (χ3v) is 5.59. The molecule has 2 rings (SSSR count). The molecule has 2 heteroatoms. The van der Waals surface area contributed by atoms with Gasteiger partial charge in [-0.15, -0.1) is 0 Å². The number of hydrogen-bond donors (Lipinski definition) is 1. The van der Waals surface area contributed by atoms with E-state index in [1.807, 2.05) is 33.0 Å². The Hall–Kier alpha value is -0.890. The number of rotatable bonds is 3. The van der Waals surface area contributed by atoms with Gasteiger partial charge in [-0.25, -0.2) is 4.39 Å². The second kappa shape index (κ2) is 4.31. The molecule has 1 atom stereocenters. The van der Waals surface area contributed by atoms with E-state index in [0.29, 0.717) is 22.8 Å². The van der Waals surface area contributed by atoms with Gasteiger partial charge in [0.15, 0.2) is 0 Å². The van der Waals surface area contributed by atoms with E-state index in [-0.39, 0.29) is 5.82 Å². The van der Waals surface area contributed by atoms with Crippen molar-refractivity contribution in [1.82, 2.24) is 5.32 Å². The maximum Gasteiger partial charge on any atom is 0.129 e. The molecule has 1 saturated carbocycles. The minimum absolute atomic E-state index is 0.0760. The molecule has 1 N–H and O–H groups in total. The fourth-order valence-electron chi connectivity index (χ4n) is 3.77. The third kappa shape index (κ3) is 2.01. The Morgan fingerprint density at radius 1 is 1.05 bits per heavy atom. The van der Waals surface area contributed by atoms with Gasteiger partial charge in [0, 0.05) is 6.04 Å². The molecule has 0 saturated heterocycles. The third-order valence-electron chi connectivity index (χ3n) is 5.59. The second-order valence-electron chi connectivity index (χ2n) is 7.16. The number of halogens is 1. The highest BCUT2D eigenvalue weighted by atomic mass is 19.1. The number of benzene rings is 1. The van der Waals surface area contributed by atoms with Crippen LogP contribution in [-0.4, -0.2) is 7.05 Å². The number of hydrogen-bond acceptors (Lipinski definition) is 1. The van der Waals surface area contributed by atoms with E-state index < -0.39 is 0 Å². The van der Waals surface area contributed by atoms with Gasteiger partial charge >= 0.3 is 0 Å². The number of aryl methyl sites for hydroxylation is 2. The first-order chi connectivity index (χ1) is 8.64. The summed E-state index contributed by atoms with van der Waals surface area (Å²) in [7, 11) is 2.00. The van der Waals surface area contributed by atoms with E-state index in [0.717, 1.165) is 11.1 Å². The lowest BCUT2D eigenvalue weighted by molar-refractivity contribution is 0.436. The summed E-state index contributed by atoms with van der Waals surface area (Å²) in [5.41, 5.74) is 3.33. The van der Waals surface area contributed by atoms with Gasteiger partial charge in [0.1, 0.15) is 5.82 Å². The van der Waals surface area contributed by atoms with Crippen molar-refractivity contribution in [3.63, 3.8) is 0 Å². The Kier molecular flexibility index (Phi) is 3.29. The van der Waals surface area contributed by atoms with Gasteiger partial charge in [-0.3, -0.25) is 0 Å². The van der Waals surface area contributed by atoms with E-state index in [2.05, 4.69) is 33.0 Å². The maximum atomic E-state index is 13.8. The smallest absolute Gasteiger partial charge is 0.129 e. The summed E-state index contributed by atoms with van der Waals surface area (Å²) in [4.78, 5) is 0. The van der Waals surface area contributed by atoms with Crippen molar-refractivity contribution in [3.05, 3.63) is 34.6 Å². The fourth-order valence-corrected chi connectivity index (χ4v) is 3.77. The zero-order valence-electron chi connectivity index (χ0n) is 13.2. The molecule has 0 radical (unpaired) electrons. The zero-order chi connectivity index (χ0) is 14.6. The van der Waals surface area contributed by atoms with E-state index >= 15 is 0 Å². The van der Waals surface area contributed by atoms with Gasteiger partial charge < -0.3 is 5.32 Å². The van der Waals surface area contributed by atoms with Crippen molar-refractivity contribution < 1.29 is 4.39 Å². The Morgan fingerprint density at radius 3 is 1.79 bits per heavy atom. The Morgan fingerprint density at radius 2 is 1.47 bits per heavy atom. The Bertz CT molecular complexity index is 465. The zero-order valence-corrected chi connectivity index (χ0v) is 13.2. The summed E-state index contributed by atoms with van der Waals surface area (Å²) in [6.45, 7) is 13.0. The van der Waals surface area contributed by atoms with Crippen molar-refractivity contribution in [3.8, 4) is 0 Å². The van der Waals surface area contributed by atoms with Crippen LogP contribution in [0, 0.1) is 36.4 Å². The molecule has 0 bridgehead atoms. The lowest BCUT2D eigenvalue weighted by atomic mass is 9.93. The molecule has 0 aliphatic heterocycles. The molecule has 1 aromatic carbocycles. The molecule has 0 heterocycles. The topological polar surface area (TPSA) is 12.0 Å². The SMILES string of the molecule is CNC(c1cc(C)c(F)c(C)c1)C1C(C)(C)C1(C)C. The normalized spacial score (nSPS) is 22.3. The largest absolute Gasteiger partial charge is 0.313 e. The van der Waals surface area contributed by atoms with Crippen molar-refractivity contribution >= 4 is 0 Å². The molecule has 1 nitrogen and oxygen atoms in total. The van der Waals surface area contributed by atoms with Crippen LogP contribution in [0.5, 0.6) is 0 Å². The van der Waals surface area contributed by atoms with Gasteiger partial charge in [-0.1, -0.05) is 39.8 Å². The Labute approximate surface area is 116 Å². The van der Waals surface area contributed by atoms with Gasteiger partial charge in [0.25, 0.3) is 0 Å². The monoisotopic (exact) mass is 263 g/mol. The van der Waals surface area contributed by atoms with Gasteiger partial charge in [-0.2, -0.15) is 0 Å². The summed E-state index contributed by atoms with van der Waals surface area (Å²) in [5, 5.41) is 3.44. The fraction of sp³-hybridized carbons (Fsp3) is 0.647. The predicted octanol–water partition coefficient (Wildman–Crippen LogP) is 4.39. The minimum atomic E-state index is -0.0760. The molecule has 0 spiro atoms. The molecule has 1 aromatic rings. The summed E-state index contributed by atoms with van der Waals surface area (Å²) in [6, 6.07) is 4.28. The van der Waals surface area contributed by atoms with Gasteiger partial charge in [0.2, 0.25) is 0 Å². The summed E-state index contributed by atoms with van der Waals surface area (Å²) >= 11 is 0. The highest BCUT2D eigenvalue weighted by Crippen LogP contribution is 2.72. The standard InChI is InChI=1S/C17H26FN/c1-10-8-12(9-11(2)13(10)18)14(19-7)15-16(3,4)17(15,5)6/h8-9,14-15,19H,1-7H3. The first-order valence-electron chi connectivity index (χ1n) is 7.08. The second-order valence-corrected chi connectivity index (χ2v) is 7.16. The van der Waals surface area contributed by atoms with Gasteiger partial charge in [-0.05, 0) is 54.3 Å². The predicted molar refractivity (Wildman–Crippen MR) is 78.7 cm³/mol. The van der Waals surface area contributed by atoms with Crippen molar-refractivity contribution in [2.75, 3.05) is 7.05 Å². The van der Waals surface area contributed by atoms with Crippen molar-refractivity contribution in [1.29, 1.82) is 0 Å². The molecule has 1 aliphatic rings. The van der Waals surface area contributed by atoms with Crippen LogP contribution in [0.4, 0.5) is 4.39 Å². The van der Waals surface area contributed by atoms with Crippen LogP contribution in [0.1, 0.15) is 50.4 Å². The molecule has 19 heavy (non-hydrogen) atoms. The van der Waals surface area contributed by atoms with Gasteiger partial charge in [0.05, 0.1) is 0 Å². The van der Waals surface area contributed by atoms with Crippen LogP contribution in [-0.2, 0) is 0 Å². The summed E-state index contributed by atoms with van der Waals surface area (Å²) < 4.78 is 13.8. The molecular formula is C17H26FN. The van der Waals surface area contributed by atoms with Crippen LogP contribution >= 0.6 is 0 Å². The van der Waals surface area contributed by atoms with Crippen LogP contribution < -0.4 is 5.32 Å². The number of nitrogens with one attached hydrogen (secondary N) is 1. The maximum absolute atomic E-state index is 13.8. The quantitative estimate of drug-likeness (QED) is 0.853. The average molecular weight is 263 g/mol. The minimum Gasteiger partial charge on any atom is -0.313 e. The molecule has 1 aliphatic carbocycles. The molecule has 1 fully saturated rings. The average Bonchev–Trinajstić information content (AvgIpc) is 2.70. The van der Waals surface area contributed by atoms with E-state index in [1.165, 1.54) is 5.56 Å². The van der Waals surface area contributed by atoms with E-state index in [1.54, 1.807) is 0 Å². The summed E-state index contributed by atoms with van der Waals surface area (Å²) in [5.74, 6) is 0.502. The van der Waals surface area contributed by atoms with E-state index in [9.17, 15) is 4.39 Å². The molecule has 1 unspecified atom stereocenters. The lowest BCUT2D eigenvalue weighted by Crippen LogP contribution is -2.22. The molecule has 0 amide bonds. The lowest BCUT2D eigenvalue weighted by Gasteiger charge is -2.20. The van der Waals surface area contributed by atoms with Crippen LogP contribution in [0.3, 0.4) is 0 Å². The van der Waals surface area contributed by atoms with Crippen molar-refractivity contribution in [2.45, 2.75) is 47.6 Å². The van der Waals surface area contributed by atoms with Crippen LogP contribution in [0.15, 0.2) is 12.1 Å². The molecular weight excluding hydrogens is 237 g/mol. The first kappa shape index (κ1) is 14.5. The highest BCUT2D eigenvalue weighted by Gasteiger charge is 2.67. The molecule has 0 aromatic heterocycles. The first-order valence-corrected chi connectivity index (χ1v) is 7.08. The van der Waals surface area contributed by atoms with Crippen LogP contribution in [0.25, 0.3) is 0 Å².